The third-order valence-corrected chi connectivity index (χ3v) is 4.08. The molecule has 1 amide bonds. The molecule has 3 nitrogen and oxygen atoms in total. The summed E-state index contributed by atoms with van der Waals surface area (Å²) in [7, 11) is 0. The summed E-state index contributed by atoms with van der Waals surface area (Å²) in [5.74, 6) is 1.37. The minimum absolute atomic E-state index is 0.0890. The Morgan fingerprint density at radius 1 is 1.50 bits per heavy atom. The maximum absolute atomic E-state index is 11.4. The van der Waals surface area contributed by atoms with Crippen LogP contribution in [-0.4, -0.2) is 12.5 Å². The molecule has 1 heterocycles. The smallest absolute Gasteiger partial charge is 0.220 e. The number of amides is 1. The quantitative estimate of drug-likeness (QED) is 0.888. The number of rotatable bonds is 4. The first-order chi connectivity index (χ1) is 8.63. The van der Waals surface area contributed by atoms with Gasteiger partial charge in [0.15, 0.2) is 0 Å². The molecular formula is C15H21NO2. The molecule has 3 atom stereocenters. The minimum Gasteiger partial charge on any atom is -0.493 e. The molecule has 1 aliphatic rings. The molecule has 0 radical (unpaired) electrons. The van der Waals surface area contributed by atoms with Crippen LogP contribution in [0.4, 0.5) is 0 Å². The van der Waals surface area contributed by atoms with E-state index in [1.54, 1.807) is 0 Å². The van der Waals surface area contributed by atoms with Gasteiger partial charge in [-0.15, -0.1) is 0 Å². The second-order valence-electron chi connectivity index (χ2n) is 5.15. The molecule has 1 aromatic carbocycles. The van der Waals surface area contributed by atoms with Crippen molar-refractivity contribution in [1.29, 1.82) is 0 Å². The van der Waals surface area contributed by atoms with Gasteiger partial charge in [-0.3, -0.25) is 4.79 Å². The van der Waals surface area contributed by atoms with E-state index in [4.69, 9.17) is 10.5 Å². The fourth-order valence-electron chi connectivity index (χ4n) is 2.93. The second kappa shape index (κ2) is 5.42. The molecule has 0 spiro atoms. The lowest BCUT2D eigenvalue weighted by atomic mass is 9.77. The number of ether oxygens (including phenoxy) is 1. The Kier molecular flexibility index (Phi) is 3.90. The fourth-order valence-corrected chi connectivity index (χ4v) is 2.93. The third kappa shape index (κ3) is 2.50. The SMILES string of the molecule is CCC(C1COc2ccccc2C1)C(C)C(N)=O. The summed E-state index contributed by atoms with van der Waals surface area (Å²) in [6.07, 6.45) is 1.94. The summed E-state index contributed by atoms with van der Waals surface area (Å²) in [4.78, 5) is 11.4. The number of nitrogens with two attached hydrogens (primary N) is 1. The van der Waals surface area contributed by atoms with Crippen molar-refractivity contribution in [2.45, 2.75) is 26.7 Å². The summed E-state index contributed by atoms with van der Waals surface area (Å²) >= 11 is 0. The van der Waals surface area contributed by atoms with Gasteiger partial charge in [-0.05, 0) is 24.0 Å². The molecule has 3 unspecified atom stereocenters. The topological polar surface area (TPSA) is 52.3 Å². The first-order valence-electron chi connectivity index (χ1n) is 6.63. The van der Waals surface area contributed by atoms with E-state index in [9.17, 15) is 4.79 Å². The van der Waals surface area contributed by atoms with Gasteiger partial charge >= 0.3 is 0 Å². The van der Waals surface area contributed by atoms with Crippen LogP contribution in [0.25, 0.3) is 0 Å². The highest BCUT2D eigenvalue weighted by atomic mass is 16.5. The normalized spacial score (nSPS) is 21.6. The van der Waals surface area contributed by atoms with E-state index < -0.39 is 0 Å². The Bertz CT molecular complexity index is 430. The Morgan fingerprint density at radius 2 is 2.22 bits per heavy atom. The predicted molar refractivity (Wildman–Crippen MR) is 71.3 cm³/mol. The lowest BCUT2D eigenvalue weighted by molar-refractivity contribution is -0.123. The number of fused-ring (bicyclic) bond motifs is 1. The summed E-state index contributed by atoms with van der Waals surface area (Å²) in [5.41, 5.74) is 6.67. The van der Waals surface area contributed by atoms with Gasteiger partial charge < -0.3 is 10.5 Å². The van der Waals surface area contributed by atoms with Crippen molar-refractivity contribution in [3.63, 3.8) is 0 Å². The van der Waals surface area contributed by atoms with Gasteiger partial charge in [0, 0.05) is 11.8 Å². The Labute approximate surface area is 108 Å². The zero-order chi connectivity index (χ0) is 13.1. The molecular weight excluding hydrogens is 226 g/mol. The number of carbonyl (C=O) groups is 1. The van der Waals surface area contributed by atoms with Crippen LogP contribution in [0.15, 0.2) is 24.3 Å². The van der Waals surface area contributed by atoms with Gasteiger partial charge in [0.25, 0.3) is 0 Å². The molecule has 98 valence electrons. The van der Waals surface area contributed by atoms with E-state index >= 15 is 0 Å². The lowest BCUT2D eigenvalue weighted by Crippen LogP contribution is -2.36. The van der Waals surface area contributed by atoms with Crippen molar-refractivity contribution in [3.05, 3.63) is 29.8 Å². The highest BCUT2D eigenvalue weighted by Gasteiger charge is 2.32. The van der Waals surface area contributed by atoms with Crippen LogP contribution < -0.4 is 10.5 Å². The van der Waals surface area contributed by atoms with Gasteiger partial charge in [0.2, 0.25) is 5.91 Å². The van der Waals surface area contributed by atoms with E-state index in [0.717, 1.165) is 18.6 Å². The van der Waals surface area contributed by atoms with E-state index in [1.807, 2.05) is 25.1 Å². The summed E-state index contributed by atoms with van der Waals surface area (Å²) in [5, 5.41) is 0. The van der Waals surface area contributed by atoms with Gasteiger partial charge in [0.1, 0.15) is 5.75 Å². The van der Waals surface area contributed by atoms with Gasteiger partial charge in [-0.1, -0.05) is 38.5 Å². The van der Waals surface area contributed by atoms with Gasteiger partial charge in [-0.25, -0.2) is 0 Å². The van der Waals surface area contributed by atoms with Crippen LogP contribution >= 0.6 is 0 Å². The fraction of sp³-hybridized carbons (Fsp3) is 0.533. The van der Waals surface area contributed by atoms with Crippen molar-refractivity contribution in [1.82, 2.24) is 0 Å². The Morgan fingerprint density at radius 3 is 2.89 bits per heavy atom. The Balaban J connectivity index is 2.14. The molecule has 1 aromatic rings. The van der Waals surface area contributed by atoms with E-state index in [1.165, 1.54) is 5.56 Å². The third-order valence-electron chi connectivity index (χ3n) is 4.08. The van der Waals surface area contributed by atoms with Crippen LogP contribution in [0.5, 0.6) is 5.75 Å². The largest absolute Gasteiger partial charge is 0.493 e. The summed E-state index contributed by atoms with van der Waals surface area (Å²) in [6, 6.07) is 8.12. The molecule has 0 aromatic heterocycles. The van der Waals surface area contributed by atoms with Crippen LogP contribution in [0.3, 0.4) is 0 Å². The maximum Gasteiger partial charge on any atom is 0.220 e. The summed E-state index contributed by atoms with van der Waals surface area (Å²) < 4.78 is 5.80. The van der Waals surface area contributed by atoms with Gasteiger partial charge in [0.05, 0.1) is 6.61 Å². The number of hydrogen-bond donors (Lipinski definition) is 1. The van der Waals surface area contributed by atoms with Crippen molar-refractivity contribution < 1.29 is 9.53 Å². The minimum atomic E-state index is -0.208. The zero-order valence-corrected chi connectivity index (χ0v) is 11.1. The van der Waals surface area contributed by atoms with Crippen molar-refractivity contribution in [2.24, 2.45) is 23.5 Å². The molecule has 3 heteroatoms. The zero-order valence-electron chi connectivity index (χ0n) is 11.1. The molecule has 0 fully saturated rings. The van der Waals surface area contributed by atoms with Crippen LogP contribution in [-0.2, 0) is 11.2 Å². The number of para-hydroxylation sites is 1. The molecule has 0 bridgehead atoms. The highest BCUT2D eigenvalue weighted by molar-refractivity contribution is 5.76. The van der Waals surface area contributed by atoms with Crippen LogP contribution in [0.1, 0.15) is 25.8 Å². The molecule has 1 aliphatic heterocycles. The first kappa shape index (κ1) is 12.9. The molecule has 2 rings (SSSR count). The number of benzene rings is 1. The molecule has 18 heavy (non-hydrogen) atoms. The monoisotopic (exact) mass is 247 g/mol. The van der Waals surface area contributed by atoms with Gasteiger partial charge in [-0.2, -0.15) is 0 Å². The summed E-state index contributed by atoms with van der Waals surface area (Å²) in [6.45, 7) is 4.73. The average Bonchev–Trinajstić information content (AvgIpc) is 2.39. The number of primary amides is 1. The lowest BCUT2D eigenvalue weighted by Gasteiger charge is -2.33. The van der Waals surface area contributed by atoms with E-state index in [2.05, 4.69) is 13.0 Å². The van der Waals surface area contributed by atoms with E-state index in [0.29, 0.717) is 18.4 Å². The van der Waals surface area contributed by atoms with Crippen molar-refractivity contribution in [3.8, 4) is 5.75 Å². The van der Waals surface area contributed by atoms with E-state index in [-0.39, 0.29) is 11.8 Å². The second-order valence-corrected chi connectivity index (χ2v) is 5.15. The predicted octanol–water partition coefficient (Wildman–Crippen LogP) is 2.39. The number of hydrogen-bond acceptors (Lipinski definition) is 2. The maximum atomic E-state index is 11.4. The van der Waals surface area contributed by atoms with Crippen LogP contribution in [0.2, 0.25) is 0 Å². The molecule has 0 saturated heterocycles. The van der Waals surface area contributed by atoms with Crippen molar-refractivity contribution in [2.75, 3.05) is 6.61 Å². The average molecular weight is 247 g/mol. The molecule has 2 N–H and O–H groups in total. The molecule has 0 saturated carbocycles. The Hall–Kier alpha value is -1.51. The van der Waals surface area contributed by atoms with Crippen molar-refractivity contribution >= 4 is 5.91 Å². The number of carbonyl (C=O) groups excluding carboxylic acids is 1. The first-order valence-corrected chi connectivity index (χ1v) is 6.63. The standard InChI is InChI=1S/C15H21NO2/c1-3-13(10(2)15(16)17)12-8-11-6-4-5-7-14(11)18-9-12/h4-7,10,12-13H,3,8-9H2,1-2H3,(H2,16,17). The van der Waals surface area contributed by atoms with Crippen LogP contribution in [0, 0.1) is 17.8 Å². The highest BCUT2D eigenvalue weighted by Crippen LogP contribution is 2.34. The molecule has 0 aliphatic carbocycles.